The van der Waals surface area contributed by atoms with Crippen molar-refractivity contribution in [1.29, 1.82) is 0 Å². The molecule has 0 unspecified atom stereocenters. The molecule has 1 aliphatic carbocycles. The second kappa shape index (κ2) is 5.66. The maximum Gasteiger partial charge on any atom is 0.270 e. The Morgan fingerprint density at radius 2 is 2.00 bits per heavy atom. The number of H-pyrrole nitrogens is 1. The van der Waals surface area contributed by atoms with Gasteiger partial charge in [-0.05, 0) is 50.5 Å². The Bertz CT molecular complexity index is 574. The van der Waals surface area contributed by atoms with Crippen LogP contribution >= 0.6 is 0 Å². The fraction of sp³-hybridized carbons (Fsp3) is 0.647. The van der Waals surface area contributed by atoms with Crippen molar-refractivity contribution in [2.75, 3.05) is 13.1 Å². The van der Waals surface area contributed by atoms with Crippen LogP contribution in [0.3, 0.4) is 0 Å². The molecule has 3 rings (SSSR count). The van der Waals surface area contributed by atoms with Gasteiger partial charge in [-0.25, -0.2) is 0 Å². The lowest BCUT2D eigenvalue weighted by Gasteiger charge is -2.20. The van der Waals surface area contributed by atoms with Crippen LogP contribution in [-0.2, 0) is 6.42 Å². The summed E-state index contributed by atoms with van der Waals surface area (Å²) >= 11 is 0. The predicted molar refractivity (Wildman–Crippen MR) is 81.7 cm³/mol. The van der Waals surface area contributed by atoms with Gasteiger partial charge >= 0.3 is 0 Å². The van der Waals surface area contributed by atoms with E-state index < -0.39 is 0 Å². The number of aromatic nitrogens is 1. The number of aromatic amines is 1. The van der Waals surface area contributed by atoms with E-state index in [1.54, 1.807) is 0 Å². The second-order valence-corrected chi connectivity index (χ2v) is 6.58. The van der Waals surface area contributed by atoms with Gasteiger partial charge < -0.3 is 9.88 Å². The molecule has 1 aromatic heterocycles. The molecule has 2 heterocycles. The number of fused-ring (bicyclic) bond motifs is 1. The highest BCUT2D eigenvalue weighted by atomic mass is 16.2. The molecule has 1 aromatic rings. The Hall–Kier alpha value is -1.58. The number of carbonyl (C=O) groups is 2. The molecule has 1 fully saturated rings. The van der Waals surface area contributed by atoms with Crippen molar-refractivity contribution in [2.45, 2.75) is 52.4 Å². The third-order valence-corrected chi connectivity index (χ3v) is 4.95. The molecule has 0 aromatic carbocycles. The first kappa shape index (κ1) is 14.4. The van der Waals surface area contributed by atoms with Gasteiger partial charge in [0.1, 0.15) is 5.69 Å². The fourth-order valence-corrected chi connectivity index (χ4v) is 3.61. The zero-order valence-corrected chi connectivity index (χ0v) is 13.0. The summed E-state index contributed by atoms with van der Waals surface area (Å²) < 4.78 is 0. The number of nitrogens with zero attached hydrogens (tertiary/aromatic N) is 1. The molecular formula is C17H24N2O2. The third kappa shape index (κ3) is 2.63. The lowest BCUT2D eigenvalue weighted by atomic mass is 9.94. The Morgan fingerprint density at radius 3 is 2.76 bits per heavy atom. The van der Waals surface area contributed by atoms with E-state index in [2.05, 4.69) is 11.9 Å². The number of carbonyl (C=O) groups excluding carboxylic acids is 2. The molecule has 1 amide bonds. The molecule has 0 saturated carbocycles. The zero-order valence-electron chi connectivity index (χ0n) is 13.0. The number of amides is 1. The number of ketones is 1. The summed E-state index contributed by atoms with van der Waals surface area (Å²) in [5.41, 5.74) is 3.25. The summed E-state index contributed by atoms with van der Waals surface area (Å²) in [6.07, 6.45) is 5.73. The molecule has 1 atom stereocenters. The topological polar surface area (TPSA) is 53.2 Å². The summed E-state index contributed by atoms with van der Waals surface area (Å²) in [6.45, 7) is 5.83. The van der Waals surface area contributed by atoms with Crippen molar-refractivity contribution in [3.63, 3.8) is 0 Å². The van der Waals surface area contributed by atoms with Crippen molar-refractivity contribution < 1.29 is 9.59 Å². The normalized spacial score (nSPS) is 22.9. The fourth-order valence-electron chi connectivity index (χ4n) is 3.61. The van der Waals surface area contributed by atoms with Crippen LogP contribution in [-0.4, -0.2) is 34.7 Å². The summed E-state index contributed by atoms with van der Waals surface area (Å²) in [5, 5.41) is 0. The second-order valence-electron chi connectivity index (χ2n) is 6.58. The van der Waals surface area contributed by atoms with Crippen molar-refractivity contribution in [1.82, 2.24) is 9.88 Å². The highest BCUT2D eigenvalue weighted by Crippen LogP contribution is 2.28. The van der Waals surface area contributed by atoms with Crippen LogP contribution in [0.15, 0.2) is 0 Å². The molecule has 0 spiro atoms. The quantitative estimate of drug-likeness (QED) is 0.863. The molecule has 1 N–H and O–H groups in total. The minimum Gasteiger partial charge on any atom is -0.354 e. The van der Waals surface area contributed by atoms with Gasteiger partial charge in [-0.1, -0.05) is 6.92 Å². The van der Waals surface area contributed by atoms with E-state index in [4.69, 9.17) is 0 Å². The molecule has 0 radical (unpaired) electrons. The molecular weight excluding hydrogens is 264 g/mol. The van der Waals surface area contributed by atoms with E-state index in [9.17, 15) is 9.59 Å². The Kier molecular flexibility index (Phi) is 3.87. The van der Waals surface area contributed by atoms with Crippen LogP contribution in [0.1, 0.15) is 71.1 Å². The molecule has 1 saturated heterocycles. The molecule has 21 heavy (non-hydrogen) atoms. The highest BCUT2D eigenvalue weighted by Gasteiger charge is 2.29. The first-order chi connectivity index (χ1) is 10.1. The molecule has 114 valence electrons. The van der Waals surface area contributed by atoms with Crippen molar-refractivity contribution >= 4 is 11.7 Å². The van der Waals surface area contributed by atoms with E-state index in [1.807, 2.05) is 11.8 Å². The highest BCUT2D eigenvalue weighted by molar-refractivity contribution is 6.04. The van der Waals surface area contributed by atoms with Crippen LogP contribution in [0.4, 0.5) is 0 Å². The summed E-state index contributed by atoms with van der Waals surface area (Å²) in [5.74, 6) is 0.958. The summed E-state index contributed by atoms with van der Waals surface area (Å²) in [6, 6.07) is 0. The number of hydrogen-bond acceptors (Lipinski definition) is 2. The maximum absolute atomic E-state index is 12.8. The average Bonchev–Trinajstić information content (AvgIpc) is 2.65. The maximum atomic E-state index is 12.8. The van der Waals surface area contributed by atoms with E-state index in [0.717, 1.165) is 55.6 Å². The molecule has 0 bridgehead atoms. The van der Waals surface area contributed by atoms with Crippen molar-refractivity contribution in [3.05, 3.63) is 22.5 Å². The number of aryl methyl sites for hydroxylation is 1. The molecule has 4 heteroatoms. The van der Waals surface area contributed by atoms with E-state index >= 15 is 0 Å². The number of hydrogen-bond donors (Lipinski definition) is 1. The number of Topliss-reactive ketones (excluding diaryl/α,β-unsaturated/α-hetero) is 1. The smallest absolute Gasteiger partial charge is 0.270 e. The first-order valence-electron chi connectivity index (χ1n) is 8.12. The number of rotatable bonds is 1. The molecule has 1 aliphatic heterocycles. The lowest BCUT2D eigenvalue weighted by Crippen LogP contribution is -2.32. The lowest BCUT2D eigenvalue weighted by molar-refractivity contribution is 0.0754. The molecule has 4 nitrogen and oxygen atoms in total. The van der Waals surface area contributed by atoms with Gasteiger partial charge in [0.05, 0.1) is 0 Å². The SMILES string of the molecule is Cc1c(C(=O)N2CCC[C@@H](C)CC2)[nH]c2c1C(=O)CCC2. The minimum atomic E-state index is 0.0730. The predicted octanol–water partition coefficient (Wildman–Crippen LogP) is 3.10. The van der Waals surface area contributed by atoms with Crippen LogP contribution in [0.2, 0.25) is 0 Å². The Morgan fingerprint density at radius 1 is 1.19 bits per heavy atom. The number of likely N-dealkylation sites (tertiary alicyclic amines) is 1. The Labute approximate surface area is 125 Å². The van der Waals surface area contributed by atoms with Crippen LogP contribution in [0.5, 0.6) is 0 Å². The van der Waals surface area contributed by atoms with Gasteiger partial charge in [0.25, 0.3) is 5.91 Å². The van der Waals surface area contributed by atoms with Gasteiger partial charge in [0.2, 0.25) is 0 Å². The largest absolute Gasteiger partial charge is 0.354 e. The van der Waals surface area contributed by atoms with Gasteiger partial charge in [-0.15, -0.1) is 0 Å². The van der Waals surface area contributed by atoms with Crippen molar-refractivity contribution in [2.24, 2.45) is 5.92 Å². The monoisotopic (exact) mass is 288 g/mol. The molecule has 2 aliphatic rings. The van der Waals surface area contributed by atoms with Gasteiger partial charge in [0, 0.05) is 30.8 Å². The van der Waals surface area contributed by atoms with Crippen LogP contribution < -0.4 is 0 Å². The standard InChI is InChI=1S/C17H24N2O2/c1-11-5-4-9-19(10-8-11)17(21)16-12(2)15-13(18-16)6-3-7-14(15)20/h11,18H,3-10H2,1-2H3/t11-/m1/s1. The van der Waals surface area contributed by atoms with Crippen LogP contribution in [0.25, 0.3) is 0 Å². The minimum absolute atomic E-state index is 0.0730. The van der Waals surface area contributed by atoms with Gasteiger partial charge in [-0.3, -0.25) is 9.59 Å². The van der Waals surface area contributed by atoms with E-state index in [-0.39, 0.29) is 11.7 Å². The van der Waals surface area contributed by atoms with Gasteiger partial charge in [-0.2, -0.15) is 0 Å². The first-order valence-corrected chi connectivity index (χ1v) is 8.12. The Balaban J connectivity index is 1.86. The van der Waals surface area contributed by atoms with Crippen LogP contribution in [0, 0.1) is 12.8 Å². The summed E-state index contributed by atoms with van der Waals surface area (Å²) in [4.78, 5) is 30.1. The third-order valence-electron chi connectivity index (χ3n) is 4.95. The zero-order chi connectivity index (χ0) is 15.0. The average molecular weight is 288 g/mol. The van der Waals surface area contributed by atoms with E-state index in [1.165, 1.54) is 6.42 Å². The number of nitrogens with one attached hydrogen (secondary N) is 1. The van der Waals surface area contributed by atoms with Gasteiger partial charge in [0.15, 0.2) is 5.78 Å². The summed E-state index contributed by atoms with van der Waals surface area (Å²) in [7, 11) is 0. The van der Waals surface area contributed by atoms with E-state index in [0.29, 0.717) is 18.0 Å². The van der Waals surface area contributed by atoms with Crippen molar-refractivity contribution in [3.8, 4) is 0 Å².